The van der Waals surface area contributed by atoms with Crippen molar-refractivity contribution in [2.24, 2.45) is 0 Å². The second-order valence-corrected chi connectivity index (χ2v) is 4.81. The molecule has 0 amide bonds. The van der Waals surface area contributed by atoms with Gasteiger partial charge in [-0.3, -0.25) is 0 Å². The first-order chi connectivity index (χ1) is 9.15. The Bertz CT molecular complexity index is 511. The Labute approximate surface area is 114 Å². The van der Waals surface area contributed by atoms with E-state index in [1.54, 1.807) is 6.92 Å². The lowest BCUT2D eigenvalue weighted by molar-refractivity contribution is 0.199. The number of aliphatic hydroxyl groups is 1. The SMILES string of the molecule is CC(O)CN(Cc1cccc(N)c1)c1ccccc1. The molecule has 0 fully saturated rings. The van der Waals surface area contributed by atoms with Gasteiger partial charge >= 0.3 is 0 Å². The van der Waals surface area contributed by atoms with Gasteiger partial charge in [0.1, 0.15) is 0 Å². The normalized spacial score (nSPS) is 12.1. The van der Waals surface area contributed by atoms with Gasteiger partial charge in [-0.15, -0.1) is 0 Å². The van der Waals surface area contributed by atoms with E-state index in [0.717, 1.165) is 23.5 Å². The van der Waals surface area contributed by atoms with Crippen molar-refractivity contribution in [3.8, 4) is 0 Å². The Morgan fingerprint density at radius 3 is 2.47 bits per heavy atom. The first kappa shape index (κ1) is 13.4. The zero-order chi connectivity index (χ0) is 13.7. The van der Waals surface area contributed by atoms with Crippen LogP contribution in [0.25, 0.3) is 0 Å². The Morgan fingerprint density at radius 1 is 1.11 bits per heavy atom. The van der Waals surface area contributed by atoms with E-state index >= 15 is 0 Å². The number of hydrogen-bond donors (Lipinski definition) is 2. The number of rotatable bonds is 5. The summed E-state index contributed by atoms with van der Waals surface area (Å²) in [6.07, 6.45) is -0.374. The summed E-state index contributed by atoms with van der Waals surface area (Å²) < 4.78 is 0. The zero-order valence-corrected chi connectivity index (χ0v) is 11.2. The standard InChI is InChI=1S/C16H20N2O/c1-13(19)11-18(16-8-3-2-4-9-16)12-14-6-5-7-15(17)10-14/h2-10,13,19H,11-12,17H2,1H3. The molecule has 2 rings (SSSR count). The van der Waals surface area contributed by atoms with Crippen LogP contribution in [0, 0.1) is 0 Å². The molecule has 0 spiro atoms. The van der Waals surface area contributed by atoms with Crippen LogP contribution >= 0.6 is 0 Å². The molecule has 0 aliphatic carbocycles. The number of para-hydroxylation sites is 1. The minimum Gasteiger partial charge on any atom is -0.399 e. The molecule has 1 atom stereocenters. The molecule has 0 aromatic heterocycles. The fraction of sp³-hybridized carbons (Fsp3) is 0.250. The van der Waals surface area contributed by atoms with Gasteiger partial charge in [0.15, 0.2) is 0 Å². The van der Waals surface area contributed by atoms with Crippen molar-refractivity contribution in [2.75, 3.05) is 17.2 Å². The van der Waals surface area contributed by atoms with Gasteiger partial charge in [0.2, 0.25) is 0 Å². The maximum Gasteiger partial charge on any atom is 0.0687 e. The van der Waals surface area contributed by atoms with Crippen molar-refractivity contribution in [1.29, 1.82) is 0 Å². The first-order valence-electron chi connectivity index (χ1n) is 6.47. The summed E-state index contributed by atoms with van der Waals surface area (Å²) in [7, 11) is 0. The maximum absolute atomic E-state index is 9.65. The number of nitrogens with zero attached hydrogens (tertiary/aromatic N) is 1. The fourth-order valence-corrected chi connectivity index (χ4v) is 2.13. The van der Waals surface area contributed by atoms with Gasteiger partial charge in [-0.25, -0.2) is 0 Å². The predicted molar refractivity (Wildman–Crippen MR) is 80.0 cm³/mol. The van der Waals surface area contributed by atoms with E-state index in [4.69, 9.17) is 5.73 Å². The monoisotopic (exact) mass is 256 g/mol. The second kappa shape index (κ2) is 6.25. The fourth-order valence-electron chi connectivity index (χ4n) is 2.13. The van der Waals surface area contributed by atoms with Gasteiger partial charge < -0.3 is 15.7 Å². The highest BCUT2D eigenvalue weighted by Crippen LogP contribution is 2.18. The van der Waals surface area contributed by atoms with Crippen molar-refractivity contribution in [1.82, 2.24) is 0 Å². The third-order valence-corrected chi connectivity index (χ3v) is 2.93. The van der Waals surface area contributed by atoms with Crippen LogP contribution in [0.5, 0.6) is 0 Å². The molecule has 2 aromatic rings. The Kier molecular flexibility index (Phi) is 4.42. The Morgan fingerprint density at radius 2 is 1.84 bits per heavy atom. The summed E-state index contributed by atoms with van der Waals surface area (Å²) >= 11 is 0. The molecule has 0 heterocycles. The van der Waals surface area contributed by atoms with Crippen molar-refractivity contribution < 1.29 is 5.11 Å². The predicted octanol–water partition coefficient (Wildman–Crippen LogP) is 2.66. The molecule has 0 aliphatic rings. The van der Waals surface area contributed by atoms with Gasteiger partial charge in [-0.2, -0.15) is 0 Å². The van der Waals surface area contributed by atoms with Gasteiger partial charge in [0, 0.05) is 24.5 Å². The third kappa shape index (κ3) is 4.00. The maximum atomic E-state index is 9.65. The highest BCUT2D eigenvalue weighted by molar-refractivity contribution is 5.48. The molecule has 0 saturated heterocycles. The molecule has 0 bridgehead atoms. The van der Waals surface area contributed by atoms with E-state index in [2.05, 4.69) is 17.0 Å². The molecule has 19 heavy (non-hydrogen) atoms. The average molecular weight is 256 g/mol. The summed E-state index contributed by atoms with van der Waals surface area (Å²) in [6.45, 7) is 3.13. The highest BCUT2D eigenvalue weighted by atomic mass is 16.3. The first-order valence-corrected chi connectivity index (χ1v) is 6.47. The quantitative estimate of drug-likeness (QED) is 0.809. The summed E-state index contributed by atoms with van der Waals surface area (Å²) in [5.41, 5.74) is 8.82. The van der Waals surface area contributed by atoms with Crippen LogP contribution < -0.4 is 10.6 Å². The molecule has 0 saturated carbocycles. The van der Waals surface area contributed by atoms with Gasteiger partial charge in [0.05, 0.1) is 6.10 Å². The molecule has 3 heteroatoms. The van der Waals surface area contributed by atoms with Crippen molar-refractivity contribution in [3.05, 3.63) is 60.2 Å². The van der Waals surface area contributed by atoms with Crippen LogP contribution in [0.15, 0.2) is 54.6 Å². The molecule has 3 nitrogen and oxygen atoms in total. The molecule has 1 unspecified atom stereocenters. The van der Waals surface area contributed by atoms with E-state index < -0.39 is 0 Å². The zero-order valence-electron chi connectivity index (χ0n) is 11.2. The van der Waals surface area contributed by atoms with Crippen molar-refractivity contribution >= 4 is 11.4 Å². The lowest BCUT2D eigenvalue weighted by Crippen LogP contribution is -2.30. The molecular weight excluding hydrogens is 236 g/mol. The van der Waals surface area contributed by atoms with Crippen LogP contribution in [-0.2, 0) is 6.54 Å². The van der Waals surface area contributed by atoms with Crippen molar-refractivity contribution in [2.45, 2.75) is 19.6 Å². The molecule has 2 aromatic carbocycles. The lowest BCUT2D eigenvalue weighted by atomic mass is 10.1. The molecular formula is C16H20N2O. The number of nitrogen functional groups attached to an aromatic ring is 1. The Balaban J connectivity index is 2.19. The van der Waals surface area contributed by atoms with Gasteiger partial charge in [-0.1, -0.05) is 30.3 Å². The largest absolute Gasteiger partial charge is 0.399 e. The van der Waals surface area contributed by atoms with Gasteiger partial charge in [0.25, 0.3) is 0 Å². The number of benzene rings is 2. The topological polar surface area (TPSA) is 49.5 Å². The number of aliphatic hydroxyl groups excluding tert-OH is 1. The Hall–Kier alpha value is -2.00. The summed E-state index contributed by atoms with van der Waals surface area (Å²) in [5, 5.41) is 9.65. The number of anilines is 2. The summed E-state index contributed by atoms with van der Waals surface area (Å²) in [4.78, 5) is 2.15. The molecule has 0 radical (unpaired) electrons. The lowest BCUT2D eigenvalue weighted by Gasteiger charge is -2.26. The van der Waals surface area contributed by atoms with Crippen LogP contribution in [0.2, 0.25) is 0 Å². The minimum atomic E-state index is -0.374. The van der Waals surface area contributed by atoms with E-state index in [9.17, 15) is 5.11 Å². The summed E-state index contributed by atoms with van der Waals surface area (Å²) in [6, 6.07) is 18.0. The van der Waals surface area contributed by atoms with Crippen molar-refractivity contribution in [3.63, 3.8) is 0 Å². The second-order valence-electron chi connectivity index (χ2n) is 4.81. The van der Waals surface area contributed by atoms with E-state index in [1.165, 1.54) is 0 Å². The number of hydrogen-bond acceptors (Lipinski definition) is 3. The van der Waals surface area contributed by atoms with Crippen LogP contribution in [0.1, 0.15) is 12.5 Å². The third-order valence-electron chi connectivity index (χ3n) is 2.93. The van der Waals surface area contributed by atoms with Crippen LogP contribution in [-0.4, -0.2) is 17.8 Å². The van der Waals surface area contributed by atoms with E-state index in [0.29, 0.717) is 6.54 Å². The smallest absolute Gasteiger partial charge is 0.0687 e. The average Bonchev–Trinajstić information content (AvgIpc) is 2.38. The highest BCUT2D eigenvalue weighted by Gasteiger charge is 2.10. The molecule has 100 valence electrons. The number of nitrogens with two attached hydrogens (primary N) is 1. The van der Waals surface area contributed by atoms with Crippen LogP contribution in [0.3, 0.4) is 0 Å². The van der Waals surface area contributed by atoms with E-state index in [-0.39, 0.29) is 6.10 Å². The molecule has 0 aliphatic heterocycles. The minimum absolute atomic E-state index is 0.374. The summed E-state index contributed by atoms with van der Waals surface area (Å²) in [5.74, 6) is 0. The van der Waals surface area contributed by atoms with Gasteiger partial charge in [-0.05, 0) is 36.8 Å². The molecule has 3 N–H and O–H groups in total. The van der Waals surface area contributed by atoms with E-state index in [1.807, 2.05) is 42.5 Å². The van der Waals surface area contributed by atoms with Crippen LogP contribution in [0.4, 0.5) is 11.4 Å².